The van der Waals surface area contributed by atoms with Crippen LogP contribution in [-0.2, 0) is 0 Å². The minimum absolute atomic E-state index is 0.243. The zero-order valence-electron chi connectivity index (χ0n) is 16.1. The first-order chi connectivity index (χ1) is 14.1. The fourth-order valence-corrected chi connectivity index (χ4v) is 2.97. The molecule has 0 aliphatic rings. The van der Waals surface area contributed by atoms with Crippen LogP contribution in [-0.4, -0.2) is 15.5 Å². The average Bonchev–Trinajstić information content (AvgIpc) is 2.74. The Balaban J connectivity index is 1.87. The predicted octanol–water partition coefficient (Wildman–Crippen LogP) is 5.01. The van der Waals surface area contributed by atoms with Crippen molar-refractivity contribution in [3.05, 3.63) is 106 Å². The monoisotopic (exact) mass is 381 g/mol. The molecule has 0 radical (unpaired) electrons. The molecule has 29 heavy (non-hydrogen) atoms. The van der Waals surface area contributed by atoms with Gasteiger partial charge in [-0.3, -0.25) is 4.79 Å². The second kappa shape index (κ2) is 7.98. The topological polar surface area (TPSA) is 72.0 Å². The first-order valence-corrected chi connectivity index (χ1v) is 9.23. The second-order valence-corrected chi connectivity index (χ2v) is 6.62. The number of azo groups is 1. The zero-order valence-corrected chi connectivity index (χ0v) is 16.1. The Morgan fingerprint density at radius 1 is 0.897 bits per heavy atom. The molecule has 0 fully saturated rings. The van der Waals surface area contributed by atoms with E-state index < -0.39 is 0 Å². The van der Waals surface area contributed by atoms with Crippen molar-refractivity contribution in [1.82, 2.24) is 9.66 Å². The highest BCUT2D eigenvalue weighted by Crippen LogP contribution is 2.15. The molecule has 1 aromatic heterocycles. The van der Waals surface area contributed by atoms with Crippen molar-refractivity contribution >= 4 is 22.4 Å². The Morgan fingerprint density at radius 2 is 1.66 bits per heavy atom. The number of aromatic nitrogens is 2. The van der Waals surface area contributed by atoms with E-state index in [1.807, 2.05) is 79.7 Å². The smallest absolute Gasteiger partial charge is 0.267 e. The van der Waals surface area contributed by atoms with Gasteiger partial charge < -0.3 is 0 Å². The van der Waals surface area contributed by atoms with E-state index in [-0.39, 0.29) is 5.56 Å². The third-order valence-electron chi connectivity index (χ3n) is 4.40. The maximum atomic E-state index is 13.0. The van der Waals surface area contributed by atoms with E-state index in [0.717, 1.165) is 11.1 Å². The van der Waals surface area contributed by atoms with Crippen LogP contribution < -0.4 is 5.56 Å². The average molecular weight is 381 g/mol. The number of nitrogens with zero attached hydrogens (tertiary/aromatic N) is 5. The summed E-state index contributed by atoms with van der Waals surface area (Å²) in [6.07, 6.45) is 0. The molecule has 4 rings (SSSR count). The molecule has 0 atom stereocenters. The number of fused-ring (bicyclic) bond motifs is 1. The molecule has 6 heteroatoms. The molecule has 3 aromatic carbocycles. The van der Waals surface area contributed by atoms with E-state index in [1.165, 1.54) is 4.68 Å². The van der Waals surface area contributed by atoms with Gasteiger partial charge >= 0.3 is 0 Å². The maximum Gasteiger partial charge on any atom is 0.282 e. The Labute approximate surface area is 167 Å². The van der Waals surface area contributed by atoms with Crippen molar-refractivity contribution in [2.24, 2.45) is 15.3 Å². The van der Waals surface area contributed by atoms with Gasteiger partial charge in [0.05, 0.1) is 16.6 Å². The molecule has 0 saturated carbocycles. The number of para-hydroxylation sites is 1. The summed E-state index contributed by atoms with van der Waals surface area (Å²) < 4.78 is 1.28. The lowest BCUT2D eigenvalue weighted by Crippen LogP contribution is -2.22. The van der Waals surface area contributed by atoms with Gasteiger partial charge in [-0.05, 0) is 43.7 Å². The summed E-state index contributed by atoms with van der Waals surface area (Å²) in [5.41, 5.74) is 2.96. The molecule has 0 bridgehead atoms. The lowest BCUT2D eigenvalue weighted by atomic mass is 10.2. The SMILES string of the molecule is Cc1cccc(N=N/C(=N\n2c(C)nc3ccccc3c2=O)c2ccccc2)c1. The predicted molar refractivity (Wildman–Crippen MR) is 115 cm³/mol. The van der Waals surface area contributed by atoms with E-state index in [9.17, 15) is 4.79 Å². The highest BCUT2D eigenvalue weighted by Gasteiger charge is 2.10. The van der Waals surface area contributed by atoms with Crippen molar-refractivity contribution in [3.63, 3.8) is 0 Å². The van der Waals surface area contributed by atoms with E-state index >= 15 is 0 Å². The summed E-state index contributed by atoms with van der Waals surface area (Å²) in [6.45, 7) is 3.74. The standard InChI is InChI=1S/C23H19N5O/c1-16-9-8-12-19(15-16)25-26-22(18-10-4-3-5-11-18)27-28-17(2)24-21-14-7-6-13-20(21)23(28)29/h3-15H,1-2H3/b26-25?,27-22-. The van der Waals surface area contributed by atoms with Gasteiger partial charge in [-0.15, -0.1) is 15.3 Å². The molecule has 6 nitrogen and oxygen atoms in total. The van der Waals surface area contributed by atoms with Crippen molar-refractivity contribution < 1.29 is 0 Å². The molecule has 0 aliphatic carbocycles. The maximum absolute atomic E-state index is 13.0. The van der Waals surface area contributed by atoms with Crippen LogP contribution in [0.3, 0.4) is 0 Å². The lowest BCUT2D eigenvalue weighted by molar-refractivity contribution is 0.764. The van der Waals surface area contributed by atoms with Crippen molar-refractivity contribution in [2.75, 3.05) is 0 Å². The van der Waals surface area contributed by atoms with Crippen molar-refractivity contribution in [3.8, 4) is 0 Å². The number of hydrogen-bond donors (Lipinski definition) is 0. The van der Waals surface area contributed by atoms with Gasteiger partial charge in [0.25, 0.3) is 5.56 Å². The molecular formula is C23H19N5O. The molecule has 0 aliphatic heterocycles. The minimum atomic E-state index is -0.243. The fourth-order valence-electron chi connectivity index (χ4n) is 2.97. The number of amidine groups is 1. The van der Waals surface area contributed by atoms with E-state index in [1.54, 1.807) is 13.0 Å². The quantitative estimate of drug-likeness (QED) is 0.284. The normalized spacial score (nSPS) is 12.0. The van der Waals surface area contributed by atoms with Gasteiger partial charge in [-0.2, -0.15) is 4.68 Å². The molecule has 0 N–H and O–H groups in total. The summed E-state index contributed by atoms with van der Waals surface area (Å²) in [5, 5.41) is 13.7. The molecule has 142 valence electrons. The van der Waals surface area contributed by atoms with Crippen molar-refractivity contribution in [1.29, 1.82) is 0 Å². The summed E-state index contributed by atoms with van der Waals surface area (Å²) in [7, 11) is 0. The number of benzene rings is 3. The van der Waals surface area contributed by atoms with Crippen LogP contribution in [0.2, 0.25) is 0 Å². The Hall–Kier alpha value is -3.93. The molecular weight excluding hydrogens is 362 g/mol. The minimum Gasteiger partial charge on any atom is -0.267 e. The molecule has 4 aromatic rings. The molecule has 0 unspecified atom stereocenters. The third-order valence-corrected chi connectivity index (χ3v) is 4.40. The van der Waals surface area contributed by atoms with E-state index in [2.05, 4.69) is 20.3 Å². The number of hydrogen-bond acceptors (Lipinski definition) is 4. The van der Waals surface area contributed by atoms with Crippen LogP contribution in [0.1, 0.15) is 17.0 Å². The van der Waals surface area contributed by atoms with Crippen LogP contribution in [0.5, 0.6) is 0 Å². The van der Waals surface area contributed by atoms with Gasteiger partial charge in [-0.25, -0.2) is 4.98 Å². The van der Waals surface area contributed by atoms with Gasteiger partial charge in [0.1, 0.15) is 5.82 Å². The van der Waals surface area contributed by atoms with E-state index in [0.29, 0.717) is 28.3 Å². The largest absolute Gasteiger partial charge is 0.282 e. The van der Waals surface area contributed by atoms with Crippen LogP contribution in [0.25, 0.3) is 10.9 Å². The van der Waals surface area contributed by atoms with Gasteiger partial charge in [0.2, 0.25) is 5.84 Å². The summed E-state index contributed by atoms with van der Waals surface area (Å²) in [5.74, 6) is 0.808. The van der Waals surface area contributed by atoms with Gasteiger partial charge in [-0.1, -0.05) is 54.6 Å². The van der Waals surface area contributed by atoms with Crippen molar-refractivity contribution in [2.45, 2.75) is 13.8 Å². The summed E-state index contributed by atoms with van der Waals surface area (Å²) >= 11 is 0. The highest BCUT2D eigenvalue weighted by molar-refractivity contribution is 5.99. The molecule has 0 saturated heterocycles. The molecule has 0 amide bonds. The van der Waals surface area contributed by atoms with Gasteiger partial charge in [0.15, 0.2) is 0 Å². The molecule has 1 heterocycles. The van der Waals surface area contributed by atoms with Gasteiger partial charge in [0, 0.05) is 5.56 Å². The number of aryl methyl sites for hydroxylation is 2. The summed E-state index contributed by atoms with van der Waals surface area (Å²) in [6, 6.07) is 24.4. The Kier molecular flexibility index (Phi) is 5.07. The highest BCUT2D eigenvalue weighted by atomic mass is 16.1. The fraction of sp³-hybridized carbons (Fsp3) is 0.0870. The Morgan fingerprint density at radius 3 is 2.45 bits per heavy atom. The summed E-state index contributed by atoms with van der Waals surface area (Å²) in [4.78, 5) is 17.5. The first-order valence-electron chi connectivity index (χ1n) is 9.23. The first kappa shape index (κ1) is 18.4. The molecule has 0 spiro atoms. The lowest BCUT2D eigenvalue weighted by Gasteiger charge is -2.07. The van der Waals surface area contributed by atoms with Crippen LogP contribution in [0, 0.1) is 13.8 Å². The van der Waals surface area contributed by atoms with Crippen LogP contribution >= 0.6 is 0 Å². The Bertz CT molecular complexity index is 1290. The second-order valence-electron chi connectivity index (χ2n) is 6.62. The van der Waals surface area contributed by atoms with Crippen LogP contribution in [0.15, 0.2) is 99.0 Å². The number of rotatable bonds is 3. The van der Waals surface area contributed by atoms with Crippen LogP contribution in [0.4, 0.5) is 5.69 Å². The van der Waals surface area contributed by atoms with E-state index in [4.69, 9.17) is 0 Å². The third kappa shape index (κ3) is 4.01. The zero-order chi connectivity index (χ0) is 20.2.